The molecule has 0 aromatic carbocycles. The van der Waals surface area contributed by atoms with Crippen molar-refractivity contribution in [2.45, 2.75) is 47.1 Å². The summed E-state index contributed by atoms with van der Waals surface area (Å²) in [7, 11) is 1.84. The lowest BCUT2D eigenvalue weighted by Gasteiger charge is -2.24. The Bertz CT molecular complexity index is 485. The molecule has 1 atom stereocenters. The van der Waals surface area contributed by atoms with Crippen LogP contribution >= 0.6 is 0 Å². The Morgan fingerprint density at radius 2 is 1.76 bits per heavy atom. The fourth-order valence-electron chi connectivity index (χ4n) is 2.18. The summed E-state index contributed by atoms with van der Waals surface area (Å²) in [6, 6.07) is -0.312. The molecule has 118 valence electrons. The van der Waals surface area contributed by atoms with Crippen molar-refractivity contribution in [1.29, 1.82) is 0 Å². The molecule has 1 unspecified atom stereocenters. The van der Waals surface area contributed by atoms with Crippen LogP contribution in [0, 0.1) is 6.92 Å². The SMILES string of the molecule is CCc1nc(NC)c(C)c(NC(C)C(=O)N(CC)CC)n1. The molecule has 0 bridgehead atoms. The van der Waals surface area contributed by atoms with E-state index in [2.05, 4.69) is 20.6 Å². The van der Waals surface area contributed by atoms with Crippen LogP contribution in [0.1, 0.15) is 39.1 Å². The number of anilines is 2. The minimum Gasteiger partial charge on any atom is -0.373 e. The van der Waals surface area contributed by atoms with Crippen molar-refractivity contribution >= 4 is 17.5 Å². The molecule has 1 aromatic heterocycles. The number of amides is 1. The van der Waals surface area contributed by atoms with E-state index in [1.807, 2.05) is 46.6 Å². The van der Waals surface area contributed by atoms with Crippen LogP contribution in [-0.2, 0) is 11.2 Å². The number of rotatable bonds is 7. The highest BCUT2D eigenvalue weighted by Gasteiger charge is 2.20. The molecule has 1 rings (SSSR count). The van der Waals surface area contributed by atoms with Gasteiger partial charge in [-0.2, -0.15) is 0 Å². The number of hydrogen-bond donors (Lipinski definition) is 2. The lowest BCUT2D eigenvalue weighted by Crippen LogP contribution is -2.41. The summed E-state index contributed by atoms with van der Waals surface area (Å²) in [6.07, 6.45) is 0.752. The van der Waals surface area contributed by atoms with E-state index in [9.17, 15) is 4.79 Å². The summed E-state index contributed by atoms with van der Waals surface area (Å²) in [5.74, 6) is 2.36. The van der Waals surface area contributed by atoms with E-state index >= 15 is 0 Å². The van der Waals surface area contributed by atoms with Gasteiger partial charge < -0.3 is 15.5 Å². The number of likely N-dealkylation sites (N-methyl/N-ethyl adjacent to an activating group) is 1. The normalized spacial score (nSPS) is 11.9. The van der Waals surface area contributed by atoms with Crippen LogP contribution in [0.5, 0.6) is 0 Å². The quantitative estimate of drug-likeness (QED) is 0.805. The predicted molar refractivity (Wildman–Crippen MR) is 86.7 cm³/mol. The minimum atomic E-state index is -0.312. The van der Waals surface area contributed by atoms with E-state index in [4.69, 9.17) is 0 Å². The summed E-state index contributed by atoms with van der Waals surface area (Å²) >= 11 is 0. The van der Waals surface area contributed by atoms with Crippen LogP contribution in [0.3, 0.4) is 0 Å². The predicted octanol–water partition coefficient (Wildman–Crippen LogP) is 2.06. The van der Waals surface area contributed by atoms with Crippen molar-refractivity contribution in [3.63, 3.8) is 0 Å². The number of aryl methyl sites for hydroxylation is 1. The number of nitrogens with zero attached hydrogens (tertiary/aromatic N) is 3. The number of carbonyl (C=O) groups is 1. The molecule has 0 aliphatic heterocycles. The molecule has 6 nitrogen and oxygen atoms in total. The largest absolute Gasteiger partial charge is 0.373 e. The van der Waals surface area contributed by atoms with Gasteiger partial charge in [-0.25, -0.2) is 9.97 Å². The van der Waals surface area contributed by atoms with Gasteiger partial charge in [0.15, 0.2) is 0 Å². The molecule has 0 saturated carbocycles. The molecule has 6 heteroatoms. The zero-order valence-corrected chi connectivity index (χ0v) is 13.9. The highest BCUT2D eigenvalue weighted by molar-refractivity contribution is 5.84. The first-order chi connectivity index (χ1) is 9.98. The van der Waals surface area contributed by atoms with Gasteiger partial charge in [0, 0.05) is 32.1 Å². The van der Waals surface area contributed by atoms with Crippen molar-refractivity contribution in [2.75, 3.05) is 30.8 Å². The molecule has 1 aromatic rings. The second-order valence-corrected chi connectivity index (χ2v) is 4.94. The maximum absolute atomic E-state index is 12.3. The van der Waals surface area contributed by atoms with Crippen LogP contribution in [0.4, 0.5) is 11.6 Å². The van der Waals surface area contributed by atoms with Crippen molar-refractivity contribution < 1.29 is 4.79 Å². The maximum Gasteiger partial charge on any atom is 0.244 e. The first kappa shape index (κ1) is 17.2. The summed E-state index contributed by atoms with van der Waals surface area (Å²) in [6.45, 7) is 11.2. The third-order valence-electron chi connectivity index (χ3n) is 3.54. The highest BCUT2D eigenvalue weighted by Crippen LogP contribution is 2.20. The van der Waals surface area contributed by atoms with Crippen LogP contribution in [0.15, 0.2) is 0 Å². The minimum absolute atomic E-state index is 0.0852. The Balaban J connectivity index is 2.98. The molecule has 2 N–H and O–H groups in total. The first-order valence-corrected chi connectivity index (χ1v) is 7.58. The van der Waals surface area contributed by atoms with Gasteiger partial charge in [-0.3, -0.25) is 4.79 Å². The van der Waals surface area contributed by atoms with Crippen LogP contribution in [-0.4, -0.2) is 47.0 Å². The lowest BCUT2D eigenvalue weighted by molar-refractivity contribution is -0.131. The molecule has 0 radical (unpaired) electrons. The van der Waals surface area contributed by atoms with Crippen LogP contribution in [0.25, 0.3) is 0 Å². The van der Waals surface area contributed by atoms with Gasteiger partial charge in [0.2, 0.25) is 5.91 Å². The molecule has 1 amide bonds. The van der Waals surface area contributed by atoms with Crippen LogP contribution < -0.4 is 10.6 Å². The Morgan fingerprint density at radius 1 is 1.19 bits per heavy atom. The highest BCUT2D eigenvalue weighted by atomic mass is 16.2. The average Bonchev–Trinajstić information content (AvgIpc) is 2.50. The molecule has 21 heavy (non-hydrogen) atoms. The van der Waals surface area contributed by atoms with Crippen molar-refractivity contribution in [2.24, 2.45) is 0 Å². The Morgan fingerprint density at radius 3 is 2.24 bits per heavy atom. The molecule has 0 fully saturated rings. The van der Waals surface area contributed by atoms with Crippen LogP contribution in [0.2, 0.25) is 0 Å². The van der Waals surface area contributed by atoms with Gasteiger partial charge in [-0.1, -0.05) is 6.92 Å². The van der Waals surface area contributed by atoms with E-state index in [0.717, 1.165) is 29.4 Å². The fourth-order valence-corrected chi connectivity index (χ4v) is 2.18. The molecule has 0 aliphatic carbocycles. The van der Waals surface area contributed by atoms with E-state index in [-0.39, 0.29) is 11.9 Å². The average molecular weight is 293 g/mol. The zero-order valence-electron chi connectivity index (χ0n) is 13.9. The van der Waals surface area contributed by atoms with Crippen molar-refractivity contribution in [3.05, 3.63) is 11.4 Å². The number of hydrogen-bond acceptors (Lipinski definition) is 5. The van der Waals surface area contributed by atoms with Crippen molar-refractivity contribution in [1.82, 2.24) is 14.9 Å². The summed E-state index contributed by atoms with van der Waals surface area (Å²) in [5, 5.41) is 6.30. The fraction of sp³-hybridized carbons (Fsp3) is 0.667. The van der Waals surface area contributed by atoms with E-state index in [0.29, 0.717) is 13.1 Å². The topological polar surface area (TPSA) is 70.2 Å². The number of carbonyl (C=O) groups excluding carboxylic acids is 1. The van der Waals surface area contributed by atoms with E-state index in [1.54, 1.807) is 0 Å². The number of aromatic nitrogens is 2. The second-order valence-electron chi connectivity index (χ2n) is 4.94. The van der Waals surface area contributed by atoms with Gasteiger partial charge in [-0.15, -0.1) is 0 Å². The maximum atomic E-state index is 12.3. The second kappa shape index (κ2) is 7.81. The summed E-state index contributed by atoms with van der Waals surface area (Å²) in [4.78, 5) is 23.1. The Labute approximate surface area is 127 Å². The lowest BCUT2D eigenvalue weighted by atomic mass is 10.2. The third-order valence-corrected chi connectivity index (χ3v) is 3.54. The standard InChI is InChI=1S/C15H27N5O/c1-7-12-18-13(16-6)10(4)14(19-12)17-11(5)15(21)20(8-2)9-3/h11H,7-9H2,1-6H3,(H2,16,17,18,19). The molecule has 0 aliphatic rings. The van der Waals surface area contributed by atoms with Crippen molar-refractivity contribution in [3.8, 4) is 0 Å². The van der Waals surface area contributed by atoms with Gasteiger partial charge in [0.1, 0.15) is 23.5 Å². The molecule has 0 saturated heterocycles. The van der Waals surface area contributed by atoms with Gasteiger partial charge in [0.25, 0.3) is 0 Å². The first-order valence-electron chi connectivity index (χ1n) is 7.58. The third kappa shape index (κ3) is 4.06. The van der Waals surface area contributed by atoms with Gasteiger partial charge in [-0.05, 0) is 27.7 Å². The summed E-state index contributed by atoms with van der Waals surface area (Å²) in [5.41, 5.74) is 0.925. The molecule has 0 spiro atoms. The smallest absolute Gasteiger partial charge is 0.244 e. The molecule has 1 heterocycles. The van der Waals surface area contributed by atoms with E-state index in [1.165, 1.54) is 0 Å². The Kier molecular flexibility index (Phi) is 6.39. The molecular weight excluding hydrogens is 266 g/mol. The zero-order chi connectivity index (χ0) is 16.0. The summed E-state index contributed by atoms with van der Waals surface area (Å²) < 4.78 is 0. The van der Waals surface area contributed by atoms with E-state index < -0.39 is 0 Å². The van der Waals surface area contributed by atoms with Gasteiger partial charge in [0.05, 0.1) is 0 Å². The monoisotopic (exact) mass is 293 g/mol. The number of nitrogens with one attached hydrogen (secondary N) is 2. The molecular formula is C15H27N5O. The van der Waals surface area contributed by atoms with Gasteiger partial charge >= 0.3 is 0 Å². The Hall–Kier alpha value is -1.85.